The van der Waals surface area contributed by atoms with Gasteiger partial charge in [0.1, 0.15) is 10.7 Å². The fraction of sp³-hybridized carbons (Fsp3) is 0.227. The summed E-state index contributed by atoms with van der Waals surface area (Å²) in [6, 6.07) is 15.6. The number of thiazole rings is 1. The van der Waals surface area contributed by atoms with E-state index in [4.69, 9.17) is 9.40 Å². The van der Waals surface area contributed by atoms with E-state index in [2.05, 4.69) is 32.6 Å². The Balaban J connectivity index is 1.17. The first-order chi connectivity index (χ1) is 14.8. The molecule has 0 unspecified atom stereocenters. The van der Waals surface area contributed by atoms with E-state index in [9.17, 15) is 4.79 Å². The highest BCUT2D eigenvalue weighted by Crippen LogP contribution is 2.23. The SMILES string of the molecule is O=C(c1cc(-c2ccco2)[nH]n1)N1CCN(Cc2nc(-c3ccccc3)cs2)CC1. The van der Waals surface area contributed by atoms with E-state index in [1.807, 2.05) is 35.2 Å². The van der Waals surface area contributed by atoms with Gasteiger partial charge in [0.2, 0.25) is 0 Å². The summed E-state index contributed by atoms with van der Waals surface area (Å²) in [6.45, 7) is 3.81. The molecule has 0 atom stereocenters. The highest BCUT2D eigenvalue weighted by atomic mass is 32.1. The first-order valence-corrected chi connectivity index (χ1v) is 10.7. The Hall–Kier alpha value is -3.23. The van der Waals surface area contributed by atoms with Gasteiger partial charge in [-0.2, -0.15) is 5.10 Å². The lowest BCUT2D eigenvalue weighted by atomic mass is 10.2. The number of nitrogens with zero attached hydrogens (tertiary/aromatic N) is 4. The second-order valence-corrected chi connectivity index (χ2v) is 8.15. The summed E-state index contributed by atoms with van der Waals surface area (Å²) < 4.78 is 5.35. The van der Waals surface area contributed by atoms with Crippen LogP contribution in [0.4, 0.5) is 0 Å². The van der Waals surface area contributed by atoms with Crippen molar-refractivity contribution in [2.45, 2.75) is 6.54 Å². The van der Waals surface area contributed by atoms with Crippen molar-refractivity contribution in [2.24, 2.45) is 0 Å². The summed E-state index contributed by atoms with van der Waals surface area (Å²) >= 11 is 1.69. The normalized spacial score (nSPS) is 14.9. The topological polar surface area (TPSA) is 78.3 Å². The summed E-state index contributed by atoms with van der Waals surface area (Å²) in [5.41, 5.74) is 3.29. The molecule has 1 fully saturated rings. The fourth-order valence-corrected chi connectivity index (χ4v) is 4.42. The van der Waals surface area contributed by atoms with Crippen molar-refractivity contribution in [1.29, 1.82) is 0 Å². The molecule has 8 heteroatoms. The molecule has 1 saturated heterocycles. The Kier molecular flexibility index (Phi) is 5.17. The molecule has 0 radical (unpaired) electrons. The third-order valence-electron chi connectivity index (χ3n) is 5.22. The Morgan fingerprint density at radius 3 is 2.70 bits per heavy atom. The molecule has 0 spiro atoms. The predicted molar refractivity (Wildman–Crippen MR) is 115 cm³/mol. The average molecular weight is 420 g/mol. The maximum Gasteiger partial charge on any atom is 0.274 e. The number of piperazine rings is 1. The zero-order chi connectivity index (χ0) is 20.3. The number of H-pyrrole nitrogens is 1. The van der Waals surface area contributed by atoms with Gasteiger partial charge >= 0.3 is 0 Å². The van der Waals surface area contributed by atoms with Crippen LogP contribution >= 0.6 is 11.3 Å². The van der Waals surface area contributed by atoms with E-state index in [1.54, 1.807) is 23.7 Å². The summed E-state index contributed by atoms with van der Waals surface area (Å²) in [6.07, 6.45) is 1.60. The number of amides is 1. The minimum absolute atomic E-state index is 0.0516. The van der Waals surface area contributed by atoms with Gasteiger partial charge in [0.05, 0.1) is 18.5 Å². The molecule has 5 rings (SSSR count). The molecule has 4 aromatic rings. The predicted octanol–water partition coefficient (Wildman–Crippen LogP) is 3.75. The standard InChI is InChI=1S/C22H21N5O2S/c28-22(18-13-17(24-25-18)20-7-4-12-29-20)27-10-8-26(9-11-27)14-21-23-19(15-30-21)16-5-2-1-3-6-16/h1-7,12-13,15H,8-11,14H2,(H,24,25). The van der Waals surface area contributed by atoms with Crippen LogP contribution in [0.2, 0.25) is 0 Å². The zero-order valence-corrected chi connectivity index (χ0v) is 17.1. The van der Waals surface area contributed by atoms with E-state index in [-0.39, 0.29) is 5.91 Å². The van der Waals surface area contributed by atoms with E-state index in [0.717, 1.165) is 35.9 Å². The van der Waals surface area contributed by atoms with Crippen LogP contribution in [0.3, 0.4) is 0 Å². The van der Waals surface area contributed by atoms with Crippen molar-refractivity contribution in [1.82, 2.24) is 25.0 Å². The van der Waals surface area contributed by atoms with Crippen LogP contribution in [0.5, 0.6) is 0 Å². The van der Waals surface area contributed by atoms with Crippen molar-refractivity contribution in [3.8, 4) is 22.7 Å². The smallest absolute Gasteiger partial charge is 0.274 e. The number of benzene rings is 1. The Morgan fingerprint density at radius 2 is 1.93 bits per heavy atom. The number of hydrogen-bond donors (Lipinski definition) is 1. The lowest BCUT2D eigenvalue weighted by molar-refractivity contribution is 0.0622. The van der Waals surface area contributed by atoms with Gasteiger partial charge in [-0.05, 0) is 12.1 Å². The van der Waals surface area contributed by atoms with Crippen LogP contribution in [0.15, 0.2) is 64.6 Å². The average Bonchev–Trinajstić information content (AvgIpc) is 3.55. The van der Waals surface area contributed by atoms with E-state index in [0.29, 0.717) is 30.2 Å². The van der Waals surface area contributed by atoms with E-state index in [1.165, 1.54) is 0 Å². The van der Waals surface area contributed by atoms with Crippen LogP contribution in [0.1, 0.15) is 15.5 Å². The zero-order valence-electron chi connectivity index (χ0n) is 16.3. The molecular weight excluding hydrogens is 398 g/mol. The lowest BCUT2D eigenvalue weighted by Gasteiger charge is -2.33. The summed E-state index contributed by atoms with van der Waals surface area (Å²) in [4.78, 5) is 21.8. The van der Waals surface area contributed by atoms with Gasteiger partial charge in [-0.1, -0.05) is 30.3 Å². The minimum atomic E-state index is -0.0516. The monoisotopic (exact) mass is 419 g/mol. The van der Waals surface area contributed by atoms with Crippen LogP contribution in [-0.2, 0) is 6.54 Å². The molecule has 0 aliphatic carbocycles. The molecule has 1 amide bonds. The molecule has 7 nitrogen and oxygen atoms in total. The number of carbonyl (C=O) groups excluding carboxylic acids is 1. The van der Waals surface area contributed by atoms with Gasteiger partial charge in [-0.25, -0.2) is 4.98 Å². The van der Waals surface area contributed by atoms with Gasteiger partial charge in [0.15, 0.2) is 11.5 Å². The molecule has 3 aromatic heterocycles. The molecule has 0 bridgehead atoms. The molecule has 1 aromatic carbocycles. The number of nitrogens with one attached hydrogen (secondary N) is 1. The van der Waals surface area contributed by atoms with Gasteiger partial charge < -0.3 is 9.32 Å². The first kappa shape index (κ1) is 18.8. The van der Waals surface area contributed by atoms with E-state index >= 15 is 0 Å². The largest absolute Gasteiger partial charge is 0.463 e. The maximum atomic E-state index is 12.8. The number of furan rings is 1. The second-order valence-electron chi connectivity index (χ2n) is 7.21. The van der Waals surface area contributed by atoms with Crippen LogP contribution in [-0.4, -0.2) is 57.1 Å². The van der Waals surface area contributed by atoms with Crippen molar-refractivity contribution in [2.75, 3.05) is 26.2 Å². The molecule has 30 heavy (non-hydrogen) atoms. The molecule has 1 N–H and O–H groups in total. The highest BCUT2D eigenvalue weighted by molar-refractivity contribution is 7.09. The Labute approximate surface area is 178 Å². The van der Waals surface area contributed by atoms with Gasteiger partial charge in [0.25, 0.3) is 5.91 Å². The molecule has 0 saturated carbocycles. The van der Waals surface area contributed by atoms with Crippen LogP contribution < -0.4 is 0 Å². The number of aromatic nitrogens is 3. The third-order valence-corrected chi connectivity index (χ3v) is 6.06. The van der Waals surface area contributed by atoms with Crippen molar-refractivity contribution in [3.63, 3.8) is 0 Å². The summed E-state index contributed by atoms with van der Waals surface area (Å²) in [5, 5.41) is 10.3. The highest BCUT2D eigenvalue weighted by Gasteiger charge is 2.24. The minimum Gasteiger partial charge on any atom is -0.463 e. The van der Waals surface area contributed by atoms with Gasteiger partial charge in [-0.3, -0.25) is 14.8 Å². The Morgan fingerprint density at radius 1 is 1.10 bits per heavy atom. The van der Waals surface area contributed by atoms with Gasteiger partial charge in [-0.15, -0.1) is 11.3 Å². The molecule has 4 heterocycles. The molecular formula is C22H21N5O2S. The lowest BCUT2D eigenvalue weighted by Crippen LogP contribution is -2.48. The second kappa shape index (κ2) is 8.25. The number of aromatic amines is 1. The van der Waals surface area contributed by atoms with Crippen molar-refractivity contribution >= 4 is 17.2 Å². The first-order valence-electron chi connectivity index (χ1n) is 9.87. The number of rotatable bonds is 5. The molecule has 152 valence electrons. The quantitative estimate of drug-likeness (QED) is 0.533. The van der Waals surface area contributed by atoms with Gasteiger partial charge in [0, 0.05) is 43.2 Å². The van der Waals surface area contributed by atoms with Crippen molar-refractivity contribution in [3.05, 3.63) is 70.9 Å². The van der Waals surface area contributed by atoms with Crippen LogP contribution in [0, 0.1) is 0 Å². The number of carbonyl (C=O) groups is 1. The Bertz CT molecular complexity index is 1110. The van der Waals surface area contributed by atoms with E-state index < -0.39 is 0 Å². The van der Waals surface area contributed by atoms with Crippen LogP contribution in [0.25, 0.3) is 22.7 Å². The number of hydrogen-bond acceptors (Lipinski definition) is 6. The summed E-state index contributed by atoms with van der Waals surface area (Å²) in [5.74, 6) is 0.619. The summed E-state index contributed by atoms with van der Waals surface area (Å²) in [7, 11) is 0. The maximum absolute atomic E-state index is 12.8. The third kappa shape index (κ3) is 3.92. The molecule has 1 aliphatic heterocycles. The van der Waals surface area contributed by atoms with Crippen molar-refractivity contribution < 1.29 is 9.21 Å². The fourth-order valence-electron chi connectivity index (χ4n) is 3.58. The molecule has 1 aliphatic rings.